The van der Waals surface area contributed by atoms with Crippen LogP contribution in [0.15, 0.2) is 23.0 Å². The van der Waals surface area contributed by atoms with E-state index in [1.807, 2.05) is 6.07 Å². The van der Waals surface area contributed by atoms with E-state index in [1.54, 1.807) is 12.5 Å². The number of rotatable bonds is 4. The Morgan fingerprint density at radius 2 is 2.23 bits per heavy atom. The summed E-state index contributed by atoms with van der Waals surface area (Å²) in [5.41, 5.74) is 6.87. The summed E-state index contributed by atoms with van der Waals surface area (Å²) in [7, 11) is 2.08. The SMILES string of the molecule is CC(C)N(C)C(CN)c1ccoc1. The Morgan fingerprint density at radius 3 is 2.62 bits per heavy atom. The monoisotopic (exact) mass is 182 g/mol. The molecule has 1 unspecified atom stereocenters. The molecule has 3 nitrogen and oxygen atoms in total. The van der Waals surface area contributed by atoms with Crippen LogP contribution in [-0.4, -0.2) is 24.5 Å². The van der Waals surface area contributed by atoms with E-state index in [-0.39, 0.29) is 6.04 Å². The predicted molar refractivity (Wildman–Crippen MR) is 53.4 cm³/mol. The van der Waals surface area contributed by atoms with E-state index < -0.39 is 0 Å². The molecule has 0 saturated heterocycles. The zero-order valence-electron chi connectivity index (χ0n) is 8.53. The molecule has 1 rings (SSSR count). The van der Waals surface area contributed by atoms with Crippen LogP contribution in [0.3, 0.4) is 0 Å². The molecule has 0 spiro atoms. The van der Waals surface area contributed by atoms with Gasteiger partial charge in [0.15, 0.2) is 0 Å². The normalized spacial score (nSPS) is 14.0. The smallest absolute Gasteiger partial charge is 0.0950 e. The summed E-state index contributed by atoms with van der Waals surface area (Å²) < 4.78 is 5.04. The van der Waals surface area contributed by atoms with Gasteiger partial charge >= 0.3 is 0 Å². The number of nitrogens with zero attached hydrogens (tertiary/aromatic N) is 1. The number of furan rings is 1. The number of hydrogen-bond acceptors (Lipinski definition) is 3. The van der Waals surface area contributed by atoms with Gasteiger partial charge in [0, 0.05) is 18.2 Å². The van der Waals surface area contributed by atoms with E-state index in [0.29, 0.717) is 12.6 Å². The van der Waals surface area contributed by atoms with Crippen LogP contribution in [0.2, 0.25) is 0 Å². The largest absolute Gasteiger partial charge is 0.472 e. The van der Waals surface area contributed by atoms with E-state index in [9.17, 15) is 0 Å². The summed E-state index contributed by atoms with van der Waals surface area (Å²) in [6.07, 6.45) is 3.45. The second-order valence-electron chi connectivity index (χ2n) is 3.57. The molecule has 74 valence electrons. The minimum atomic E-state index is 0.263. The fourth-order valence-electron chi connectivity index (χ4n) is 1.36. The third-order valence-electron chi connectivity index (χ3n) is 2.46. The predicted octanol–water partition coefficient (Wildman–Crippen LogP) is 1.62. The van der Waals surface area contributed by atoms with Crippen molar-refractivity contribution in [2.24, 2.45) is 5.73 Å². The van der Waals surface area contributed by atoms with Crippen LogP contribution in [0.1, 0.15) is 25.5 Å². The van der Waals surface area contributed by atoms with Crippen LogP contribution in [0, 0.1) is 0 Å². The third-order valence-corrected chi connectivity index (χ3v) is 2.46. The Bertz CT molecular complexity index is 231. The minimum absolute atomic E-state index is 0.263. The summed E-state index contributed by atoms with van der Waals surface area (Å²) in [6.45, 7) is 4.93. The maximum atomic E-state index is 5.72. The zero-order valence-corrected chi connectivity index (χ0v) is 8.53. The highest BCUT2D eigenvalue weighted by Crippen LogP contribution is 2.20. The van der Waals surface area contributed by atoms with Gasteiger partial charge in [-0.2, -0.15) is 0 Å². The minimum Gasteiger partial charge on any atom is -0.472 e. The quantitative estimate of drug-likeness (QED) is 0.769. The average Bonchev–Trinajstić information content (AvgIpc) is 2.58. The zero-order chi connectivity index (χ0) is 9.84. The molecular weight excluding hydrogens is 164 g/mol. The van der Waals surface area contributed by atoms with E-state index in [2.05, 4.69) is 25.8 Å². The van der Waals surface area contributed by atoms with Crippen molar-refractivity contribution in [1.29, 1.82) is 0 Å². The first-order valence-electron chi connectivity index (χ1n) is 4.61. The van der Waals surface area contributed by atoms with Crippen molar-refractivity contribution in [3.63, 3.8) is 0 Å². The van der Waals surface area contributed by atoms with E-state index in [1.165, 1.54) is 0 Å². The van der Waals surface area contributed by atoms with Crippen molar-refractivity contribution in [2.45, 2.75) is 25.9 Å². The second kappa shape index (κ2) is 4.44. The molecular formula is C10H18N2O. The first-order chi connectivity index (χ1) is 6.16. The molecule has 1 aromatic rings. The molecule has 2 N–H and O–H groups in total. The van der Waals surface area contributed by atoms with Crippen LogP contribution >= 0.6 is 0 Å². The summed E-state index contributed by atoms with van der Waals surface area (Å²) in [6, 6.07) is 2.72. The Labute approximate surface area is 79.5 Å². The van der Waals surface area contributed by atoms with Gasteiger partial charge in [-0.3, -0.25) is 4.90 Å². The van der Waals surface area contributed by atoms with Gasteiger partial charge in [-0.05, 0) is 27.0 Å². The van der Waals surface area contributed by atoms with Crippen molar-refractivity contribution >= 4 is 0 Å². The van der Waals surface area contributed by atoms with Gasteiger partial charge in [0.25, 0.3) is 0 Å². The Kier molecular flexibility index (Phi) is 3.51. The van der Waals surface area contributed by atoms with Crippen LogP contribution < -0.4 is 5.73 Å². The van der Waals surface area contributed by atoms with Gasteiger partial charge < -0.3 is 10.2 Å². The van der Waals surface area contributed by atoms with Crippen LogP contribution in [0.25, 0.3) is 0 Å². The average molecular weight is 182 g/mol. The summed E-state index contributed by atoms with van der Waals surface area (Å²) in [4.78, 5) is 2.24. The second-order valence-corrected chi connectivity index (χ2v) is 3.57. The Morgan fingerprint density at radius 1 is 1.54 bits per heavy atom. The molecule has 1 heterocycles. The summed E-state index contributed by atoms with van der Waals surface area (Å²) in [5.74, 6) is 0. The molecule has 0 aromatic carbocycles. The number of hydrogen-bond donors (Lipinski definition) is 1. The van der Waals surface area contributed by atoms with E-state index in [0.717, 1.165) is 5.56 Å². The molecule has 0 fully saturated rings. The van der Waals surface area contributed by atoms with Gasteiger partial charge in [0.1, 0.15) is 0 Å². The lowest BCUT2D eigenvalue weighted by atomic mass is 10.1. The highest BCUT2D eigenvalue weighted by molar-refractivity contribution is 5.12. The molecule has 0 aliphatic carbocycles. The maximum absolute atomic E-state index is 5.72. The van der Waals surface area contributed by atoms with E-state index in [4.69, 9.17) is 10.2 Å². The van der Waals surface area contributed by atoms with Crippen molar-refractivity contribution in [3.05, 3.63) is 24.2 Å². The molecule has 0 aliphatic rings. The lowest BCUT2D eigenvalue weighted by Crippen LogP contribution is -2.35. The lowest BCUT2D eigenvalue weighted by molar-refractivity contribution is 0.200. The van der Waals surface area contributed by atoms with Crippen LogP contribution in [0.5, 0.6) is 0 Å². The first-order valence-corrected chi connectivity index (χ1v) is 4.61. The van der Waals surface area contributed by atoms with Crippen LogP contribution in [0.4, 0.5) is 0 Å². The highest BCUT2D eigenvalue weighted by Gasteiger charge is 2.18. The van der Waals surface area contributed by atoms with E-state index >= 15 is 0 Å². The maximum Gasteiger partial charge on any atom is 0.0950 e. The van der Waals surface area contributed by atoms with Crippen molar-refractivity contribution in [3.8, 4) is 0 Å². The lowest BCUT2D eigenvalue weighted by Gasteiger charge is -2.29. The molecule has 0 saturated carbocycles. The van der Waals surface area contributed by atoms with Crippen LogP contribution in [-0.2, 0) is 0 Å². The van der Waals surface area contributed by atoms with Gasteiger partial charge in [0.2, 0.25) is 0 Å². The fourth-order valence-corrected chi connectivity index (χ4v) is 1.36. The highest BCUT2D eigenvalue weighted by atomic mass is 16.3. The summed E-state index contributed by atoms with van der Waals surface area (Å²) in [5, 5.41) is 0. The molecule has 0 amide bonds. The molecule has 13 heavy (non-hydrogen) atoms. The van der Waals surface area contributed by atoms with Gasteiger partial charge in [-0.15, -0.1) is 0 Å². The van der Waals surface area contributed by atoms with Crippen molar-refractivity contribution in [1.82, 2.24) is 4.90 Å². The third kappa shape index (κ3) is 2.32. The molecule has 0 aliphatic heterocycles. The molecule has 0 bridgehead atoms. The first kappa shape index (κ1) is 10.3. The fraction of sp³-hybridized carbons (Fsp3) is 0.600. The molecule has 3 heteroatoms. The molecule has 1 aromatic heterocycles. The molecule has 1 atom stereocenters. The summed E-state index contributed by atoms with van der Waals surface area (Å²) >= 11 is 0. The van der Waals surface area contributed by atoms with Crippen molar-refractivity contribution in [2.75, 3.05) is 13.6 Å². The van der Waals surface area contributed by atoms with Gasteiger partial charge in [0.05, 0.1) is 18.6 Å². The van der Waals surface area contributed by atoms with Crippen molar-refractivity contribution < 1.29 is 4.42 Å². The van der Waals surface area contributed by atoms with Gasteiger partial charge in [-0.25, -0.2) is 0 Å². The Hall–Kier alpha value is -0.800. The topological polar surface area (TPSA) is 42.4 Å². The number of nitrogens with two attached hydrogens (primary N) is 1. The number of likely N-dealkylation sites (N-methyl/N-ethyl adjacent to an activating group) is 1. The van der Waals surface area contributed by atoms with Gasteiger partial charge in [-0.1, -0.05) is 0 Å². The molecule has 0 radical (unpaired) electrons. The Balaban J connectivity index is 2.74. The standard InChI is InChI=1S/C10H18N2O/c1-8(2)12(3)10(6-11)9-4-5-13-7-9/h4-5,7-8,10H,6,11H2,1-3H3.